The summed E-state index contributed by atoms with van der Waals surface area (Å²) < 4.78 is 11.1. The molecule has 0 unspecified atom stereocenters. The summed E-state index contributed by atoms with van der Waals surface area (Å²) in [7, 11) is 0. The topological polar surface area (TPSA) is 38.7 Å². The van der Waals surface area contributed by atoms with Crippen LogP contribution in [0.5, 0.6) is 0 Å². The molecule has 0 aromatic rings. The largest absolute Gasteiger partial charge is 0.396 e. The van der Waals surface area contributed by atoms with Crippen LogP contribution in [0.15, 0.2) is 0 Å². The molecule has 3 nitrogen and oxygen atoms in total. The van der Waals surface area contributed by atoms with E-state index in [0.717, 1.165) is 12.8 Å². The van der Waals surface area contributed by atoms with Crippen LogP contribution in [-0.4, -0.2) is 30.7 Å². The van der Waals surface area contributed by atoms with E-state index in [1.54, 1.807) is 0 Å². The van der Waals surface area contributed by atoms with Crippen LogP contribution in [0.25, 0.3) is 0 Å². The molecular formula is C10H20O3. The van der Waals surface area contributed by atoms with E-state index in [4.69, 9.17) is 14.6 Å². The Hall–Kier alpha value is -0.120. The zero-order chi connectivity index (χ0) is 9.57. The van der Waals surface area contributed by atoms with Crippen molar-refractivity contribution in [1.29, 1.82) is 0 Å². The Labute approximate surface area is 80.0 Å². The fourth-order valence-electron chi connectivity index (χ4n) is 1.73. The molecule has 78 valence electrons. The molecule has 1 N–H and O–H groups in total. The van der Waals surface area contributed by atoms with E-state index in [0.29, 0.717) is 19.6 Å². The summed E-state index contributed by atoms with van der Waals surface area (Å²) in [6.45, 7) is 3.67. The second-order valence-electron chi connectivity index (χ2n) is 3.54. The quantitative estimate of drug-likeness (QED) is 0.645. The summed E-state index contributed by atoms with van der Waals surface area (Å²) in [5, 5.41) is 8.89. The van der Waals surface area contributed by atoms with Gasteiger partial charge in [0, 0.05) is 19.4 Å². The molecule has 0 amide bonds. The smallest absolute Gasteiger partial charge is 0.170 e. The molecule has 0 aliphatic carbocycles. The second kappa shape index (κ2) is 5.58. The Morgan fingerprint density at radius 2 is 1.85 bits per heavy atom. The minimum Gasteiger partial charge on any atom is -0.396 e. The highest BCUT2D eigenvalue weighted by Crippen LogP contribution is 2.29. The first-order chi connectivity index (χ1) is 6.33. The predicted octanol–water partition coefficient (Wildman–Crippen LogP) is 1.69. The van der Waals surface area contributed by atoms with E-state index >= 15 is 0 Å². The van der Waals surface area contributed by atoms with Crippen LogP contribution < -0.4 is 0 Å². The zero-order valence-corrected chi connectivity index (χ0v) is 8.42. The van der Waals surface area contributed by atoms with Crippen molar-refractivity contribution >= 4 is 0 Å². The molecule has 13 heavy (non-hydrogen) atoms. The van der Waals surface area contributed by atoms with Gasteiger partial charge in [-0.25, -0.2) is 0 Å². The molecule has 1 aliphatic heterocycles. The van der Waals surface area contributed by atoms with Gasteiger partial charge in [0.05, 0.1) is 13.2 Å². The highest BCUT2D eigenvalue weighted by Gasteiger charge is 2.34. The van der Waals surface area contributed by atoms with Crippen molar-refractivity contribution in [1.82, 2.24) is 0 Å². The predicted molar refractivity (Wildman–Crippen MR) is 50.5 cm³/mol. The third-order valence-corrected chi connectivity index (χ3v) is 2.47. The van der Waals surface area contributed by atoms with Gasteiger partial charge in [-0.3, -0.25) is 0 Å². The van der Waals surface area contributed by atoms with Crippen LogP contribution in [0.1, 0.15) is 39.0 Å². The van der Waals surface area contributed by atoms with Crippen LogP contribution in [0, 0.1) is 0 Å². The molecular weight excluding hydrogens is 168 g/mol. The van der Waals surface area contributed by atoms with E-state index in [1.165, 1.54) is 12.8 Å². The number of ether oxygens (including phenoxy) is 2. The van der Waals surface area contributed by atoms with E-state index in [1.807, 2.05) is 0 Å². The van der Waals surface area contributed by atoms with E-state index in [2.05, 4.69) is 6.92 Å². The van der Waals surface area contributed by atoms with E-state index in [-0.39, 0.29) is 6.61 Å². The van der Waals surface area contributed by atoms with Crippen molar-refractivity contribution < 1.29 is 14.6 Å². The van der Waals surface area contributed by atoms with Crippen molar-refractivity contribution in [2.24, 2.45) is 0 Å². The lowest BCUT2D eigenvalue weighted by atomic mass is 10.0. The molecule has 1 saturated heterocycles. The summed E-state index contributed by atoms with van der Waals surface area (Å²) in [6.07, 6.45) is 5.06. The third kappa shape index (κ3) is 3.25. The van der Waals surface area contributed by atoms with Crippen molar-refractivity contribution in [2.75, 3.05) is 19.8 Å². The minimum absolute atomic E-state index is 0.145. The summed E-state index contributed by atoms with van der Waals surface area (Å²) in [6, 6.07) is 0. The Balaban J connectivity index is 2.28. The molecule has 1 rings (SSSR count). The molecule has 1 aliphatic rings. The number of hydrogen-bond donors (Lipinski definition) is 1. The lowest BCUT2D eigenvalue weighted by Crippen LogP contribution is -2.31. The molecule has 0 aromatic heterocycles. The average Bonchev–Trinajstić information content (AvgIpc) is 2.55. The van der Waals surface area contributed by atoms with Crippen LogP contribution in [-0.2, 0) is 9.47 Å². The first-order valence-electron chi connectivity index (χ1n) is 5.22. The first kappa shape index (κ1) is 11.0. The average molecular weight is 188 g/mol. The van der Waals surface area contributed by atoms with Crippen LogP contribution >= 0.6 is 0 Å². The zero-order valence-electron chi connectivity index (χ0n) is 8.42. The summed E-state index contributed by atoms with van der Waals surface area (Å²) in [5.41, 5.74) is 0. The first-order valence-corrected chi connectivity index (χ1v) is 5.22. The molecule has 0 bridgehead atoms. The Kier molecular flexibility index (Phi) is 4.70. The maximum Gasteiger partial charge on any atom is 0.170 e. The van der Waals surface area contributed by atoms with Crippen LogP contribution in [0.4, 0.5) is 0 Å². The molecule has 0 saturated carbocycles. The normalized spacial score (nSPS) is 20.8. The SMILES string of the molecule is CCCCCC1(CCO)OCCO1. The Bertz CT molecular complexity index is 130. The van der Waals surface area contributed by atoms with Crippen molar-refractivity contribution in [3.63, 3.8) is 0 Å². The standard InChI is InChI=1S/C10H20O3/c1-2-3-4-5-10(6-7-11)12-8-9-13-10/h11H,2-9H2,1H3. The number of rotatable bonds is 6. The van der Waals surface area contributed by atoms with Gasteiger partial charge in [-0.05, 0) is 6.42 Å². The van der Waals surface area contributed by atoms with E-state index in [9.17, 15) is 0 Å². The van der Waals surface area contributed by atoms with Gasteiger partial charge in [-0.2, -0.15) is 0 Å². The Morgan fingerprint density at radius 3 is 2.38 bits per heavy atom. The lowest BCUT2D eigenvalue weighted by Gasteiger charge is -2.26. The molecule has 1 heterocycles. The minimum atomic E-state index is -0.454. The van der Waals surface area contributed by atoms with Gasteiger partial charge in [0.2, 0.25) is 0 Å². The van der Waals surface area contributed by atoms with Crippen molar-refractivity contribution in [3.05, 3.63) is 0 Å². The molecule has 0 aromatic carbocycles. The third-order valence-electron chi connectivity index (χ3n) is 2.47. The summed E-state index contributed by atoms with van der Waals surface area (Å²) in [5.74, 6) is -0.454. The fourth-order valence-corrected chi connectivity index (χ4v) is 1.73. The Morgan fingerprint density at radius 1 is 1.15 bits per heavy atom. The van der Waals surface area contributed by atoms with Gasteiger partial charge in [0.25, 0.3) is 0 Å². The van der Waals surface area contributed by atoms with Gasteiger partial charge in [0.15, 0.2) is 5.79 Å². The number of aliphatic hydroxyl groups excluding tert-OH is 1. The van der Waals surface area contributed by atoms with E-state index < -0.39 is 5.79 Å². The maximum absolute atomic E-state index is 8.89. The van der Waals surface area contributed by atoms with Gasteiger partial charge in [0.1, 0.15) is 0 Å². The lowest BCUT2D eigenvalue weighted by molar-refractivity contribution is -0.172. The maximum atomic E-state index is 8.89. The molecule has 0 spiro atoms. The van der Waals surface area contributed by atoms with Gasteiger partial charge >= 0.3 is 0 Å². The van der Waals surface area contributed by atoms with Crippen LogP contribution in [0.2, 0.25) is 0 Å². The number of unbranched alkanes of at least 4 members (excludes halogenated alkanes) is 2. The van der Waals surface area contributed by atoms with Crippen molar-refractivity contribution in [2.45, 2.75) is 44.8 Å². The van der Waals surface area contributed by atoms with Gasteiger partial charge in [-0.1, -0.05) is 19.8 Å². The molecule has 3 heteroatoms. The van der Waals surface area contributed by atoms with Crippen LogP contribution in [0.3, 0.4) is 0 Å². The number of hydrogen-bond acceptors (Lipinski definition) is 3. The molecule has 0 radical (unpaired) electrons. The van der Waals surface area contributed by atoms with Gasteiger partial charge < -0.3 is 14.6 Å². The monoisotopic (exact) mass is 188 g/mol. The van der Waals surface area contributed by atoms with Crippen molar-refractivity contribution in [3.8, 4) is 0 Å². The van der Waals surface area contributed by atoms with Gasteiger partial charge in [-0.15, -0.1) is 0 Å². The molecule has 1 fully saturated rings. The number of aliphatic hydroxyl groups is 1. The molecule has 0 atom stereocenters. The second-order valence-corrected chi connectivity index (χ2v) is 3.54. The summed E-state index contributed by atoms with van der Waals surface area (Å²) in [4.78, 5) is 0. The highest BCUT2D eigenvalue weighted by atomic mass is 16.7. The highest BCUT2D eigenvalue weighted by molar-refractivity contribution is 4.73. The summed E-state index contributed by atoms with van der Waals surface area (Å²) >= 11 is 0. The fraction of sp³-hybridized carbons (Fsp3) is 1.00.